The highest BCUT2D eigenvalue weighted by Crippen LogP contribution is 2.01. The van der Waals surface area contributed by atoms with E-state index >= 15 is 0 Å². The van der Waals surface area contributed by atoms with Crippen molar-refractivity contribution in [3.63, 3.8) is 0 Å². The van der Waals surface area contributed by atoms with Gasteiger partial charge >= 0.3 is 0 Å². The molecule has 0 unspecified atom stereocenters. The van der Waals surface area contributed by atoms with Crippen LogP contribution in [0.5, 0.6) is 0 Å². The van der Waals surface area contributed by atoms with Crippen molar-refractivity contribution in [3.8, 4) is 0 Å². The molecule has 2 aromatic heterocycles. The second kappa shape index (κ2) is 3.59. The Morgan fingerprint density at radius 1 is 1.43 bits per heavy atom. The largest absolute Gasteiger partial charge is 0.388 e. The summed E-state index contributed by atoms with van der Waals surface area (Å²) >= 11 is 0. The SMILES string of the molecule is Cn1ccnc1Cn1cnnc1CO. The van der Waals surface area contributed by atoms with E-state index in [0.29, 0.717) is 12.4 Å². The lowest BCUT2D eigenvalue weighted by molar-refractivity contribution is 0.265. The van der Waals surface area contributed by atoms with Gasteiger partial charge in [0.05, 0.1) is 6.54 Å². The minimum absolute atomic E-state index is 0.107. The van der Waals surface area contributed by atoms with Crippen LogP contribution in [0.25, 0.3) is 0 Å². The Balaban J connectivity index is 2.22. The van der Waals surface area contributed by atoms with Gasteiger partial charge < -0.3 is 14.2 Å². The van der Waals surface area contributed by atoms with Crippen LogP contribution in [0, 0.1) is 0 Å². The second-order valence-electron chi connectivity index (χ2n) is 2.99. The molecule has 0 saturated carbocycles. The number of aryl methyl sites for hydroxylation is 1. The fourth-order valence-electron chi connectivity index (χ4n) is 1.23. The van der Waals surface area contributed by atoms with Crippen LogP contribution in [0.15, 0.2) is 18.7 Å². The van der Waals surface area contributed by atoms with Crippen LogP contribution in [-0.2, 0) is 20.2 Å². The molecule has 0 aliphatic rings. The summed E-state index contributed by atoms with van der Waals surface area (Å²) in [5, 5.41) is 16.4. The molecule has 0 aromatic carbocycles. The lowest BCUT2D eigenvalue weighted by Gasteiger charge is -2.04. The predicted molar refractivity (Wildman–Crippen MR) is 48.3 cm³/mol. The van der Waals surface area contributed by atoms with Crippen molar-refractivity contribution in [2.24, 2.45) is 7.05 Å². The van der Waals surface area contributed by atoms with Gasteiger partial charge in [-0.2, -0.15) is 0 Å². The molecule has 0 aliphatic carbocycles. The predicted octanol–water partition coefficient (Wildman–Crippen LogP) is -0.448. The van der Waals surface area contributed by atoms with Gasteiger partial charge in [0, 0.05) is 19.4 Å². The maximum atomic E-state index is 8.95. The molecule has 6 heteroatoms. The molecule has 0 aliphatic heterocycles. The van der Waals surface area contributed by atoms with Gasteiger partial charge in [-0.1, -0.05) is 0 Å². The summed E-state index contributed by atoms with van der Waals surface area (Å²) in [6, 6.07) is 0. The summed E-state index contributed by atoms with van der Waals surface area (Å²) in [6.07, 6.45) is 5.19. The van der Waals surface area contributed by atoms with E-state index < -0.39 is 0 Å². The van der Waals surface area contributed by atoms with Crippen LogP contribution < -0.4 is 0 Å². The number of hydrogen-bond acceptors (Lipinski definition) is 4. The van der Waals surface area contributed by atoms with Crippen molar-refractivity contribution in [1.82, 2.24) is 24.3 Å². The second-order valence-corrected chi connectivity index (χ2v) is 2.99. The zero-order valence-corrected chi connectivity index (χ0v) is 7.83. The molecular weight excluding hydrogens is 182 g/mol. The standard InChI is InChI=1S/C8H11N5O/c1-12-3-2-9-7(12)4-13-6-10-11-8(13)5-14/h2-3,6,14H,4-5H2,1H3. The first-order chi connectivity index (χ1) is 6.81. The minimum atomic E-state index is -0.107. The van der Waals surface area contributed by atoms with Crippen molar-refractivity contribution in [2.45, 2.75) is 13.2 Å². The van der Waals surface area contributed by atoms with Gasteiger partial charge in [0.25, 0.3) is 0 Å². The van der Waals surface area contributed by atoms with E-state index in [1.807, 2.05) is 17.8 Å². The quantitative estimate of drug-likeness (QED) is 0.717. The molecular formula is C8H11N5O. The molecule has 0 spiro atoms. The molecule has 1 N–H and O–H groups in total. The Morgan fingerprint density at radius 2 is 2.29 bits per heavy atom. The van der Waals surface area contributed by atoms with Crippen LogP contribution in [-0.4, -0.2) is 29.4 Å². The molecule has 2 heterocycles. The van der Waals surface area contributed by atoms with Crippen LogP contribution in [0.4, 0.5) is 0 Å². The van der Waals surface area contributed by atoms with Crippen molar-refractivity contribution in [2.75, 3.05) is 0 Å². The van der Waals surface area contributed by atoms with Gasteiger partial charge in [-0.15, -0.1) is 10.2 Å². The van der Waals surface area contributed by atoms with E-state index in [1.165, 1.54) is 0 Å². The number of aromatic nitrogens is 5. The molecule has 0 fully saturated rings. The molecule has 74 valence electrons. The van der Waals surface area contributed by atoms with Gasteiger partial charge in [-0.05, 0) is 0 Å². The molecule has 0 saturated heterocycles. The van der Waals surface area contributed by atoms with Gasteiger partial charge in [0.15, 0.2) is 5.82 Å². The Labute approximate surface area is 80.8 Å². The first kappa shape index (κ1) is 8.89. The Kier molecular flexibility index (Phi) is 2.28. The first-order valence-corrected chi connectivity index (χ1v) is 4.25. The van der Waals surface area contributed by atoms with Crippen LogP contribution in [0.3, 0.4) is 0 Å². The zero-order valence-electron chi connectivity index (χ0n) is 7.83. The molecule has 2 rings (SSSR count). The number of nitrogens with zero attached hydrogens (tertiary/aromatic N) is 5. The highest BCUT2D eigenvalue weighted by Gasteiger charge is 2.05. The van der Waals surface area contributed by atoms with Gasteiger partial charge in [-0.25, -0.2) is 4.98 Å². The fourth-order valence-corrected chi connectivity index (χ4v) is 1.23. The summed E-state index contributed by atoms with van der Waals surface area (Å²) in [4.78, 5) is 4.17. The smallest absolute Gasteiger partial charge is 0.159 e. The average Bonchev–Trinajstić information content (AvgIpc) is 2.77. The maximum absolute atomic E-state index is 8.95. The number of hydrogen-bond donors (Lipinski definition) is 1. The lowest BCUT2D eigenvalue weighted by Crippen LogP contribution is -2.08. The molecule has 14 heavy (non-hydrogen) atoms. The maximum Gasteiger partial charge on any atom is 0.159 e. The summed E-state index contributed by atoms with van der Waals surface area (Å²) in [5.74, 6) is 1.45. The molecule has 0 radical (unpaired) electrons. The molecule has 6 nitrogen and oxygen atoms in total. The summed E-state index contributed by atoms with van der Waals surface area (Å²) in [6.45, 7) is 0.469. The minimum Gasteiger partial charge on any atom is -0.388 e. The number of imidazole rings is 1. The van der Waals surface area contributed by atoms with E-state index in [0.717, 1.165) is 5.82 Å². The monoisotopic (exact) mass is 193 g/mol. The Hall–Kier alpha value is -1.69. The Morgan fingerprint density at radius 3 is 2.93 bits per heavy atom. The van der Waals surface area contributed by atoms with Crippen molar-refractivity contribution >= 4 is 0 Å². The van der Waals surface area contributed by atoms with Crippen LogP contribution in [0.2, 0.25) is 0 Å². The summed E-state index contributed by atoms with van der Waals surface area (Å²) in [5.41, 5.74) is 0. The van der Waals surface area contributed by atoms with E-state index in [2.05, 4.69) is 15.2 Å². The highest BCUT2D eigenvalue weighted by atomic mass is 16.3. The normalized spacial score (nSPS) is 10.7. The first-order valence-electron chi connectivity index (χ1n) is 4.25. The highest BCUT2D eigenvalue weighted by molar-refractivity contribution is 4.95. The van der Waals surface area contributed by atoms with Crippen molar-refractivity contribution in [1.29, 1.82) is 0 Å². The third kappa shape index (κ3) is 1.51. The van der Waals surface area contributed by atoms with Gasteiger partial charge in [-0.3, -0.25) is 0 Å². The molecule has 0 bridgehead atoms. The molecule has 0 atom stereocenters. The van der Waals surface area contributed by atoms with E-state index in [9.17, 15) is 0 Å². The van der Waals surface area contributed by atoms with Gasteiger partial charge in [0.2, 0.25) is 0 Å². The third-order valence-corrected chi connectivity index (χ3v) is 2.07. The lowest BCUT2D eigenvalue weighted by atomic mass is 10.5. The number of rotatable bonds is 3. The van der Waals surface area contributed by atoms with Gasteiger partial charge in [0.1, 0.15) is 18.8 Å². The number of aliphatic hydroxyl groups excluding tert-OH is 1. The van der Waals surface area contributed by atoms with Crippen LogP contribution in [0.1, 0.15) is 11.6 Å². The average molecular weight is 193 g/mol. The zero-order chi connectivity index (χ0) is 9.97. The Bertz CT molecular complexity index is 419. The molecule has 2 aromatic rings. The van der Waals surface area contributed by atoms with E-state index in [-0.39, 0.29) is 6.61 Å². The number of aliphatic hydroxyl groups is 1. The van der Waals surface area contributed by atoms with E-state index in [4.69, 9.17) is 5.11 Å². The third-order valence-electron chi connectivity index (χ3n) is 2.07. The fraction of sp³-hybridized carbons (Fsp3) is 0.375. The van der Waals surface area contributed by atoms with Crippen LogP contribution >= 0.6 is 0 Å². The molecule has 0 amide bonds. The van der Waals surface area contributed by atoms with Crippen molar-refractivity contribution in [3.05, 3.63) is 30.4 Å². The van der Waals surface area contributed by atoms with E-state index in [1.54, 1.807) is 17.1 Å². The summed E-state index contributed by atoms with van der Waals surface area (Å²) in [7, 11) is 1.92. The summed E-state index contributed by atoms with van der Waals surface area (Å²) < 4.78 is 3.68. The topological polar surface area (TPSA) is 68.8 Å². The van der Waals surface area contributed by atoms with Crippen molar-refractivity contribution < 1.29 is 5.11 Å².